The molecule has 25 heteroatoms. The molecule has 4 aromatic rings. The predicted molar refractivity (Wildman–Crippen MR) is 397 cm³/mol. The van der Waals surface area contributed by atoms with E-state index in [0.717, 1.165) is 89.3 Å². The summed E-state index contributed by atoms with van der Waals surface area (Å²) in [5, 5.41) is 4.83. The zero-order valence-corrected chi connectivity index (χ0v) is 64.3. The van der Waals surface area contributed by atoms with Crippen molar-refractivity contribution in [1.29, 1.82) is 0 Å². The number of aryl methyl sites for hydroxylation is 4. The molecule has 5 amide bonds. The van der Waals surface area contributed by atoms with Gasteiger partial charge in [0, 0.05) is 58.9 Å². The van der Waals surface area contributed by atoms with Gasteiger partial charge in [-0.15, -0.1) is 13.2 Å². The number of benzene rings is 2. The lowest BCUT2D eigenvalue weighted by atomic mass is 9.85. The van der Waals surface area contributed by atoms with Gasteiger partial charge in [-0.3, -0.25) is 43.0 Å². The Morgan fingerprint density at radius 3 is 1.88 bits per heavy atom. The Hall–Kier alpha value is -7.93. The summed E-state index contributed by atoms with van der Waals surface area (Å²) in [5.74, 6) is -2.29. The number of methoxy groups -OCH3 is 2. The molecule has 2 aromatic heterocycles. The van der Waals surface area contributed by atoms with Gasteiger partial charge in [0.2, 0.25) is 43.7 Å². The molecular formula is C80H105N7O16S2. The number of pyridine rings is 2. The maximum Gasteiger partial charge on any atom is 0.307 e. The third-order valence-electron chi connectivity index (χ3n) is 23.9. The molecule has 6 fully saturated rings. The summed E-state index contributed by atoms with van der Waals surface area (Å²) in [5.41, 5.74) is -0.132. The largest absolute Gasteiger partial charge is 0.497 e. The zero-order valence-electron chi connectivity index (χ0n) is 62.7. The van der Waals surface area contributed by atoms with E-state index in [0.29, 0.717) is 100.0 Å². The molecule has 0 bridgehead atoms. The third-order valence-corrected chi connectivity index (χ3v) is 28.2. The molecule has 2 aromatic carbocycles. The molecule has 7 heterocycles. The topological polar surface area (TPSA) is 302 Å². The van der Waals surface area contributed by atoms with Gasteiger partial charge in [-0.05, 0) is 194 Å². The lowest BCUT2D eigenvalue weighted by Crippen LogP contribution is -2.57. The monoisotopic (exact) mass is 1480 g/mol. The van der Waals surface area contributed by atoms with Crippen LogP contribution in [0.1, 0.15) is 205 Å². The summed E-state index contributed by atoms with van der Waals surface area (Å²) < 4.78 is 85.5. The lowest BCUT2D eigenvalue weighted by Gasteiger charge is -2.36. The molecule has 13 rings (SSSR count). The fourth-order valence-electron chi connectivity index (χ4n) is 16.5. The second kappa shape index (κ2) is 29.0. The Labute approximate surface area is 617 Å². The number of allylic oxidation sites excluding steroid dienone is 3. The average molecular weight is 1480 g/mol. The van der Waals surface area contributed by atoms with E-state index >= 15 is 0 Å². The van der Waals surface area contributed by atoms with Gasteiger partial charge in [0.1, 0.15) is 51.4 Å². The summed E-state index contributed by atoms with van der Waals surface area (Å²) in [6, 6.07) is 9.64. The number of unbranched alkanes of at least 4 members (excludes halogenated alkanes) is 3. The van der Waals surface area contributed by atoms with Crippen LogP contribution in [-0.4, -0.2) is 149 Å². The number of amides is 5. The third kappa shape index (κ3) is 15.5. The quantitative estimate of drug-likeness (QED) is 0.0397. The maximum atomic E-state index is 14.8. The van der Waals surface area contributed by atoms with E-state index in [-0.39, 0.29) is 74.6 Å². The number of ether oxygens (including phenoxy) is 5. The molecule has 4 aliphatic carbocycles. The van der Waals surface area contributed by atoms with E-state index in [1.54, 1.807) is 59.8 Å². The number of likely N-dealkylation sites (tertiary alicyclic amines) is 1. The van der Waals surface area contributed by atoms with Crippen LogP contribution in [0.5, 0.6) is 23.0 Å². The Morgan fingerprint density at radius 2 is 1.33 bits per heavy atom. The van der Waals surface area contributed by atoms with Crippen LogP contribution in [0, 0.1) is 42.9 Å². The molecule has 2 saturated heterocycles. The number of fused-ring (bicyclic) bond motifs is 8. The molecular weight excluding hydrogens is 1380 g/mol. The van der Waals surface area contributed by atoms with Crippen molar-refractivity contribution >= 4 is 83.1 Å². The number of rotatable bonds is 21. The molecule has 105 heavy (non-hydrogen) atoms. The number of ketones is 1. The van der Waals surface area contributed by atoms with Gasteiger partial charge >= 0.3 is 5.97 Å². The minimum Gasteiger partial charge on any atom is -0.497 e. The SMILES string of the molecule is C=CCCCCC[C@H](C)C(=O)N1C[C@@]2(CCc3c(c(C)nc4ccc(OC)cc34)O2)C[C@H]1C(=O)C[C@]1(C(=O)NS(=O)(=O)C2(C)CC2)C[C@H]1C=C.COc1ccc2nc(C)c3c(c2c1)CC[C@]1(C[C@H]2C(=O)N[C@]4(C(=O)NS(=O)(=O)C5(C)CC5)C[C@H]4/C=C\CCCCC[C@H](CC(=O)OC(C)(C)C)C(=O)N2C1)O3. The molecule has 5 aliphatic heterocycles. The van der Waals surface area contributed by atoms with Crippen molar-refractivity contribution in [3.05, 3.63) is 96.4 Å². The van der Waals surface area contributed by atoms with Gasteiger partial charge < -0.3 is 38.8 Å². The number of Topliss-reactive ketones (excluding diaryl/α,β-unsaturated/α-hetero) is 1. The number of hydrogen-bond acceptors (Lipinski definition) is 18. The van der Waals surface area contributed by atoms with Crippen molar-refractivity contribution in [1.82, 2.24) is 34.5 Å². The highest BCUT2D eigenvalue weighted by molar-refractivity contribution is 7.92. The summed E-state index contributed by atoms with van der Waals surface area (Å²) in [7, 11) is -4.63. The molecule has 0 unspecified atom stereocenters. The Balaban J connectivity index is 0.000000198. The van der Waals surface area contributed by atoms with Crippen LogP contribution in [0.3, 0.4) is 0 Å². The van der Waals surface area contributed by atoms with Gasteiger partial charge in [0.15, 0.2) is 5.78 Å². The second-order valence-corrected chi connectivity index (χ2v) is 37.4. The van der Waals surface area contributed by atoms with Gasteiger partial charge in [-0.1, -0.05) is 56.9 Å². The summed E-state index contributed by atoms with van der Waals surface area (Å²) in [6.07, 6.45) is 20.3. The molecule has 0 radical (unpaired) electrons. The summed E-state index contributed by atoms with van der Waals surface area (Å²) >= 11 is 0. The smallest absolute Gasteiger partial charge is 0.307 e. The van der Waals surface area contributed by atoms with E-state index in [9.17, 15) is 50.4 Å². The predicted octanol–water partition coefficient (Wildman–Crippen LogP) is 11.1. The molecule has 9 aliphatic rings. The number of nitrogens with zero attached hydrogens (tertiary/aromatic N) is 4. The molecule has 4 saturated carbocycles. The number of hydrogen-bond donors (Lipinski definition) is 3. The second-order valence-electron chi connectivity index (χ2n) is 33.0. The number of nitrogens with one attached hydrogen (secondary N) is 3. The van der Waals surface area contributed by atoms with Gasteiger partial charge in [0.25, 0.3) is 5.91 Å². The van der Waals surface area contributed by atoms with Crippen molar-refractivity contribution in [3.8, 4) is 23.0 Å². The van der Waals surface area contributed by atoms with Crippen LogP contribution < -0.4 is 33.7 Å². The van der Waals surface area contributed by atoms with Crippen molar-refractivity contribution in [2.75, 3.05) is 27.3 Å². The summed E-state index contributed by atoms with van der Waals surface area (Å²) in [6.45, 7) is 22.3. The fraction of sp³-hybridized carbons (Fsp3) is 0.613. The number of carbonyl (C=O) groups excluding carboxylic acids is 7. The van der Waals surface area contributed by atoms with E-state index in [4.69, 9.17) is 33.7 Å². The molecule has 23 nitrogen and oxygen atoms in total. The Morgan fingerprint density at radius 1 is 0.752 bits per heavy atom. The van der Waals surface area contributed by atoms with Crippen LogP contribution >= 0.6 is 0 Å². The first-order valence-electron chi connectivity index (χ1n) is 37.6. The van der Waals surface area contributed by atoms with Crippen molar-refractivity contribution in [3.63, 3.8) is 0 Å². The average Bonchev–Trinajstić information content (AvgIpc) is 1.59. The van der Waals surface area contributed by atoms with Gasteiger partial charge in [-0.2, -0.15) is 0 Å². The van der Waals surface area contributed by atoms with Gasteiger partial charge in [0.05, 0.1) is 77.1 Å². The highest BCUT2D eigenvalue weighted by Crippen LogP contribution is 2.58. The standard InChI is InChI=1S/C41H54N4O9S.C39H51N3O7S/c1-25-34-29(30-21-28(52-6)14-15-31(30)42-25)16-17-40(54-34)23-32-35(47)43-41(37(49)44-55(50,51)39(5)18-19-39)22-27(41)13-11-9-7-8-10-12-26(36(48)45(32)24-40)20-33(46)53-38(2,3)4;1-7-9-10-11-12-13-25(3)35(44)42-24-38(17-16-29-30-20-28(48-6)14-15-31(30)40-26(4)34(29)49-38)22-32(42)33(43)23-39(21-27(39)8-2)36(45)41-50(46,47)37(5)18-19-37/h11,13-15,21,26-27,32H,7-10,12,16-20,22-24H2,1-6H3,(H,43,47)(H,44,49);7-8,14-15,20,25,27,32H,1-2,9-13,16-19,21-24H2,3-6H3,(H,41,45)/b13-11-;/t26-,27-,32+,40-,41-;25-,27+,32-,38+,39+/m10/s1. The lowest BCUT2D eigenvalue weighted by molar-refractivity contribution is -0.159. The highest BCUT2D eigenvalue weighted by Gasteiger charge is 2.66. The van der Waals surface area contributed by atoms with Crippen molar-refractivity contribution in [2.45, 2.75) is 253 Å². The van der Waals surface area contributed by atoms with Crippen molar-refractivity contribution < 1.29 is 74.1 Å². The number of sulfonamides is 2. The first-order valence-corrected chi connectivity index (χ1v) is 40.6. The normalized spacial score (nSPS) is 28.3. The molecule has 10 atom stereocenters. The van der Waals surface area contributed by atoms with Crippen LogP contribution in [-0.2, 0) is 71.2 Å². The number of aromatic nitrogens is 2. The van der Waals surface area contributed by atoms with E-state index < -0.39 is 105 Å². The fourth-order valence-corrected chi connectivity index (χ4v) is 19.2. The van der Waals surface area contributed by atoms with Crippen LogP contribution in [0.15, 0.2) is 73.9 Å². The summed E-state index contributed by atoms with van der Waals surface area (Å²) in [4.78, 5) is 112. The van der Waals surface area contributed by atoms with E-state index in [2.05, 4.69) is 27.9 Å². The zero-order chi connectivity index (χ0) is 75.6. The Kier molecular flexibility index (Phi) is 21.2. The first-order chi connectivity index (χ1) is 49.6. The van der Waals surface area contributed by atoms with Gasteiger partial charge in [-0.25, -0.2) is 26.8 Å². The molecule has 3 N–H and O–H groups in total. The van der Waals surface area contributed by atoms with E-state index in [1.165, 1.54) is 4.90 Å². The number of esters is 1. The minimum atomic E-state index is -3.98. The maximum absolute atomic E-state index is 14.8. The van der Waals surface area contributed by atoms with E-state index in [1.807, 2.05) is 75.4 Å². The van der Waals surface area contributed by atoms with Crippen molar-refractivity contribution in [2.24, 2.45) is 29.1 Å². The number of carbonyl (C=O) groups is 7. The van der Waals surface area contributed by atoms with Crippen LogP contribution in [0.4, 0.5) is 0 Å². The molecule has 2 spiro atoms. The molecule has 568 valence electrons. The van der Waals surface area contributed by atoms with Crippen LogP contribution in [0.25, 0.3) is 21.8 Å². The highest BCUT2D eigenvalue weighted by atomic mass is 32.2. The minimum absolute atomic E-state index is 0.0824. The Bertz CT molecular complexity index is 4450. The van der Waals surface area contributed by atoms with Crippen LogP contribution in [0.2, 0.25) is 0 Å². The first kappa shape index (κ1) is 76.7.